The molecular weight excluding hydrogens is 328 g/mol. The van der Waals surface area contributed by atoms with E-state index in [1.807, 2.05) is 24.5 Å². The van der Waals surface area contributed by atoms with Gasteiger partial charge in [0.25, 0.3) is 0 Å². The van der Waals surface area contributed by atoms with Crippen LogP contribution in [0.2, 0.25) is 0 Å². The molecule has 1 fully saturated rings. The van der Waals surface area contributed by atoms with Gasteiger partial charge in [0.1, 0.15) is 11.9 Å². The SMILES string of the molecule is N#Cc1cnc(N2CCCC(c3cnc4cnc5[nH]ccc5n34)C2)cn1. The number of H-pyrrole nitrogens is 1. The van der Waals surface area contributed by atoms with E-state index in [0.717, 1.165) is 48.6 Å². The van der Waals surface area contributed by atoms with Crippen LogP contribution in [-0.2, 0) is 0 Å². The highest BCUT2D eigenvalue weighted by molar-refractivity contribution is 5.74. The first-order valence-corrected chi connectivity index (χ1v) is 8.60. The van der Waals surface area contributed by atoms with Gasteiger partial charge in [-0.2, -0.15) is 5.26 Å². The minimum absolute atomic E-state index is 0.339. The number of aromatic amines is 1. The Morgan fingerprint density at radius 2 is 2.08 bits per heavy atom. The smallest absolute Gasteiger partial charge is 0.158 e. The number of hydrogen-bond donors (Lipinski definition) is 1. The van der Waals surface area contributed by atoms with E-state index < -0.39 is 0 Å². The fourth-order valence-corrected chi connectivity index (χ4v) is 3.75. The second-order valence-corrected chi connectivity index (χ2v) is 6.50. The van der Waals surface area contributed by atoms with Gasteiger partial charge in [0.05, 0.1) is 24.1 Å². The minimum Gasteiger partial charge on any atom is -0.355 e. The van der Waals surface area contributed by atoms with Crippen molar-refractivity contribution in [2.75, 3.05) is 18.0 Å². The number of hydrogen-bond acceptors (Lipinski definition) is 6. The highest BCUT2D eigenvalue weighted by Gasteiger charge is 2.25. The monoisotopic (exact) mass is 344 g/mol. The van der Waals surface area contributed by atoms with Crippen molar-refractivity contribution in [3.63, 3.8) is 0 Å². The second-order valence-electron chi connectivity index (χ2n) is 6.50. The molecule has 0 aromatic carbocycles. The fraction of sp³-hybridized carbons (Fsp3) is 0.278. The molecule has 1 aliphatic heterocycles. The third kappa shape index (κ3) is 2.29. The number of nitrogens with one attached hydrogen (secondary N) is 1. The van der Waals surface area contributed by atoms with Crippen molar-refractivity contribution in [2.24, 2.45) is 0 Å². The standard InChI is InChI=1S/C18H16N8/c19-6-13-7-22-16(9-21-13)25-5-1-2-12(11-25)15-8-23-17-10-24-18-14(26(15)17)3-4-20-18/h3-4,7-10,12,20H,1-2,5,11H2. The molecule has 8 heteroatoms. The number of anilines is 1. The van der Waals surface area contributed by atoms with Crippen LogP contribution < -0.4 is 4.90 Å². The van der Waals surface area contributed by atoms with Gasteiger partial charge in [-0.1, -0.05) is 0 Å². The lowest BCUT2D eigenvalue weighted by molar-refractivity contribution is 0.497. The van der Waals surface area contributed by atoms with Gasteiger partial charge in [-0.3, -0.25) is 4.40 Å². The van der Waals surface area contributed by atoms with E-state index in [1.54, 1.807) is 12.4 Å². The van der Waals surface area contributed by atoms with Crippen LogP contribution in [0.1, 0.15) is 30.1 Å². The van der Waals surface area contributed by atoms with Crippen molar-refractivity contribution >= 4 is 22.6 Å². The predicted molar refractivity (Wildman–Crippen MR) is 95.8 cm³/mol. The summed E-state index contributed by atoms with van der Waals surface area (Å²) in [6.45, 7) is 1.79. The summed E-state index contributed by atoms with van der Waals surface area (Å²) < 4.78 is 2.19. The molecule has 1 aliphatic rings. The summed E-state index contributed by atoms with van der Waals surface area (Å²) in [6.07, 6.45) is 11.0. The highest BCUT2D eigenvalue weighted by Crippen LogP contribution is 2.30. The molecule has 8 nitrogen and oxygen atoms in total. The summed E-state index contributed by atoms with van der Waals surface area (Å²) in [6, 6.07) is 4.05. The zero-order valence-corrected chi connectivity index (χ0v) is 14.0. The molecule has 0 radical (unpaired) electrons. The number of piperidine rings is 1. The van der Waals surface area contributed by atoms with Crippen LogP contribution in [0.3, 0.4) is 0 Å². The molecule has 128 valence electrons. The van der Waals surface area contributed by atoms with E-state index in [9.17, 15) is 0 Å². The maximum atomic E-state index is 8.89. The Kier molecular flexibility index (Phi) is 3.31. The Labute approximate surface area is 149 Å². The lowest BCUT2D eigenvalue weighted by Gasteiger charge is -2.33. The number of imidazole rings is 1. The summed E-state index contributed by atoms with van der Waals surface area (Å²) in [5, 5.41) is 8.89. The van der Waals surface area contributed by atoms with Gasteiger partial charge in [0, 0.05) is 37.1 Å². The van der Waals surface area contributed by atoms with Gasteiger partial charge >= 0.3 is 0 Å². The Hall–Kier alpha value is -3.47. The minimum atomic E-state index is 0.339. The van der Waals surface area contributed by atoms with Crippen molar-refractivity contribution in [1.82, 2.24) is 29.3 Å². The van der Waals surface area contributed by atoms with E-state index >= 15 is 0 Å². The Balaban J connectivity index is 1.51. The van der Waals surface area contributed by atoms with Crippen LogP contribution in [0.25, 0.3) is 16.8 Å². The van der Waals surface area contributed by atoms with E-state index in [2.05, 4.69) is 34.2 Å². The lowest BCUT2D eigenvalue weighted by atomic mass is 9.95. The average Bonchev–Trinajstić information content (AvgIpc) is 3.34. The molecule has 0 spiro atoms. The van der Waals surface area contributed by atoms with Crippen molar-refractivity contribution in [1.29, 1.82) is 5.26 Å². The molecule has 4 aromatic heterocycles. The second kappa shape index (κ2) is 5.81. The van der Waals surface area contributed by atoms with E-state index in [-0.39, 0.29) is 0 Å². The average molecular weight is 344 g/mol. The quantitative estimate of drug-likeness (QED) is 0.599. The lowest BCUT2D eigenvalue weighted by Crippen LogP contribution is -2.35. The predicted octanol–water partition coefficient (Wildman–Crippen LogP) is 2.26. The van der Waals surface area contributed by atoms with Crippen LogP contribution >= 0.6 is 0 Å². The Morgan fingerprint density at radius 3 is 2.92 bits per heavy atom. The van der Waals surface area contributed by atoms with Crippen molar-refractivity contribution < 1.29 is 0 Å². The van der Waals surface area contributed by atoms with E-state index in [0.29, 0.717) is 11.6 Å². The number of aromatic nitrogens is 6. The molecule has 0 bridgehead atoms. The van der Waals surface area contributed by atoms with Gasteiger partial charge in [-0.15, -0.1) is 0 Å². The third-order valence-corrected chi connectivity index (χ3v) is 4.99. The number of nitriles is 1. The van der Waals surface area contributed by atoms with Crippen molar-refractivity contribution in [3.05, 3.63) is 48.4 Å². The summed E-state index contributed by atoms with van der Waals surface area (Å²) in [5.41, 5.74) is 4.31. The van der Waals surface area contributed by atoms with Crippen molar-refractivity contribution in [2.45, 2.75) is 18.8 Å². The van der Waals surface area contributed by atoms with E-state index in [4.69, 9.17) is 5.26 Å². The number of nitrogens with zero attached hydrogens (tertiary/aromatic N) is 7. The third-order valence-electron chi connectivity index (χ3n) is 4.99. The maximum Gasteiger partial charge on any atom is 0.158 e. The molecule has 0 amide bonds. The normalized spacial score (nSPS) is 17.7. The molecule has 1 atom stereocenters. The van der Waals surface area contributed by atoms with Gasteiger partial charge in [0.2, 0.25) is 0 Å². The first-order valence-electron chi connectivity index (χ1n) is 8.60. The molecule has 1 unspecified atom stereocenters. The molecule has 0 aliphatic carbocycles. The zero-order chi connectivity index (χ0) is 17.5. The molecular formula is C18H16N8. The number of rotatable bonds is 2. The Bertz CT molecular complexity index is 1120. The topological polar surface area (TPSA) is 98.8 Å². The summed E-state index contributed by atoms with van der Waals surface area (Å²) in [5.74, 6) is 1.16. The largest absolute Gasteiger partial charge is 0.355 e. The molecule has 1 saturated heterocycles. The van der Waals surface area contributed by atoms with Gasteiger partial charge in [0.15, 0.2) is 17.0 Å². The molecule has 0 saturated carbocycles. The van der Waals surface area contributed by atoms with E-state index in [1.165, 1.54) is 11.9 Å². The highest BCUT2D eigenvalue weighted by atomic mass is 15.2. The molecule has 1 N–H and O–H groups in total. The van der Waals surface area contributed by atoms with Crippen LogP contribution in [0.5, 0.6) is 0 Å². The van der Waals surface area contributed by atoms with Crippen LogP contribution in [0.15, 0.2) is 37.1 Å². The maximum absolute atomic E-state index is 8.89. The summed E-state index contributed by atoms with van der Waals surface area (Å²) >= 11 is 0. The van der Waals surface area contributed by atoms with Crippen LogP contribution in [0, 0.1) is 11.3 Å². The van der Waals surface area contributed by atoms with Gasteiger partial charge in [-0.05, 0) is 18.9 Å². The summed E-state index contributed by atoms with van der Waals surface area (Å²) in [7, 11) is 0. The molecule has 5 heterocycles. The van der Waals surface area contributed by atoms with Gasteiger partial charge < -0.3 is 9.88 Å². The number of fused-ring (bicyclic) bond motifs is 3. The molecule has 26 heavy (non-hydrogen) atoms. The molecule has 5 rings (SSSR count). The van der Waals surface area contributed by atoms with Crippen LogP contribution in [0.4, 0.5) is 5.82 Å². The first kappa shape index (κ1) is 14.8. The summed E-state index contributed by atoms with van der Waals surface area (Å²) in [4.78, 5) is 22.9. The zero-order valence-electron chi connectivity index (χ0n) is 14.0. The fourth-order valence-electron chi connectivity index (χ4n) is 3.75. The van der Waals surface area contributed by atoms with Gasteiger partial charge in [-0.25, -0.2) is 19.9 Å². The van der Waals surface area contributed by atoms with Crippen molar-refractivity contribution in [3.8, 4) is 6.07 Å². The Morgan fingerprint density at radius 1 is 1.12 bits per heavy atom. The molecule has 4 aromatic rings. The first-order chi connectivity index (χ1) is 12.8. The van der Waals surface area contributed by atoms with Crippen LogP contribution in [-0.4, -0.2) is 42.4 Å².